The van der Waals surface area contributed by atoms with E-state index in [0.29, 0.717) is 13.0 Å². The Morgan fingerprint density at radius 3 is 2.38 bits per heavy atom. The maximum Gasteiger partial charge on any atom is 0.130 e. The average molecular weight is 322 g/mol. The summed E-state index contributed by atoms with van der Waals surface area (Å²) in [6, 6.07) is 18.2. The van der Waals surface area contributed by atoms with Crippen LogP contribution in [0.1, 0.15) is 22.5 Å². The Morgan fingerprint density at radius 1 is 1.00 bits per heavy atom. The van der Waals surface area contributed by atoms with Crippen molar-refractivity contribution in [2.75, 3.05) is 6.61 Å². The number of benzene rings is 2. The van der Waals surface area contributed by atoms with E-state index in [1.165, 1.54) is 5.56 Å². The van der Waals surface area contributed by atoms with Gasteiger partial charge in [-0.3, -0.25) is 0 Å². The summed E-state index contributed by atoms with van der Waals surface area (Å²) in [6.07, 6.45) is 0.666. The second-order valence-corrected chi connectivity index (χ2v) is 5.93. The molecule has 3 aromatic rings. The molecule has 1 N–H and O–H groups in total. The Hall–Kier alpha value is -2.59. The van der Waals surface area contributed by atoms with Crippen molar-refractivity contribution >= 4 is 0 Å². The summed E-state index contributed by atoms with van der Waals surface area (Å²) in [5.74, 6) is 0.811. The molecule has 24 heavy (non-hydrogen) atoms. The highest BCUT2D eigenvalue weighted by molar-refractivity contribution is 5.36. The van der Waals surface area contributed by atoms with Gasteiger partial charge in [-0.1, -0.05) is 29.8 Å². The van der Waals surface area contributed by atoms with E-state index in [-0.39, 0.29) is 6.61 Å². The molecule has 0 aliphatic rings. The highest BCUT2D eigenvalue weighted by Gasteiger charge is 2.08. The summed E-state index contributed by atoms with van der Waals surface area (Å²) in [5.41, 5.74) is 5.34. The molecule has 0 amide bonds. The van der Waals surface area contributed by atoms with Gasteiger partial charge in [-0.15, -0.1) is 0 Å². The van der Waals surface area contributed by atoms with Gasteiger partial charge >= 0.3 is 0 Å². The zero-order valence-electron chi connectivity index (χ0n) is 14.1. The highest BCUT2D eigenvalue weighted by Crippen LogP contribution is 2.18. The van der Waals surface area contributed by atoms with Crippen LogP contribution in [-0.2, 0) is 13.0 Å². The van der Waals surface area contributed by atoms with Crippen molar-refractivity contribution in [1.82, 2.24) is 9.78 Å². The Balaban J connectivity index is 1.74. The van der Waals surface area contributed by atoms with Gasteiger partial charge in [0.15, 0.2) is 0 Å². The first-order valence-electron chi connectivity index (χ1n) is 8.11. The fourth-order valence-electron chi connectivity index (χ4n) is 2.60. The van der Waals surface area contributed by atoms with Gasteiger partial charge in [0.25, 0.3) is 0 Å². The second-order valence-electron chi connectivity index (χ2n) is 5.93. The van der Waals surface area contributed by atoms with Gasteiger partial charge in [-0.25, -0.2) is 4.68 Å². The first-order valence-corrected chi connectivity index (χ1v) is 8.11. The largest absolute Gasteiger partial charge is 0.487 e. The van der Waals surface area contributed by atoms with E-state index >= 15 is 0 Å². The third-order valence-corrected chi connectivity index (χ3v) is 3.89. The molecule has 0 radical (unpaired) electrons. The summed E-state index contributed by atoms with van der Waals surface area (Å²) in [5, 5.41) is 13.5. The molecular formula is C20H22N2O2. The number of aliphatic hydroxyl groups excluding tert-OH is 1. The maximum atomic E-state index is 8.96. The first-order chi connectivity index (χ1) is 11.7. The first kappa shape index (κ1) is 16.3. The highest BCUT2D eigenvalue weighted by atomic mass is 16.5. The third kappa shape index (κ3) is 3.84. The fourth-order valence-corrected chi connectivity index (χ4v) is 2.60. The van der Waals surface area contributed by atoms with Crippen molar-refractivity contribution in [3.63, 3.8) is 0 Å². The van der Waals surface area contributed by atoms with E-state index in [2.05, 4.69) is 36.3 Å². The van der Waals surface area contributed by atoms with Crippen LogP contribution >= 0.6 is 0 Å². The van der Waals surface area contributed by atoms with E-state index in [0.717, 1.165) is 28.4 Å². The van der Waals surface area contributed by atoms with Crippen molar-refractivity contribution in [2.24, 2.45) is 0 Å². The van der Waals surface area contributed by atoms with E-state index in [4.69, 9.17) is 9.84 Å². The van der Waals surface area contributed by atoms with Gasteiger partial charge in [-0.05, 0) is 56.2 Å². The lowest BCUT2D eigenvalue weighted by atomic mass is 10.1. The van der Waals surface area contributed by atoms with Gasteiger partial charge < -0.3 is 9.84 Å². The standard InChI is InChI=1S/C20H22N2O2/c1-15-3-7-18(8-4-15)22-19(13-16(2)21-22)14-24-20-9-5-17(6-10-20)11-12-23/h3-10,13,23H,11-12,14H2,1-2H3. The monoisotopic (exact) mass is 322 g/mol. The van der Waals surface area contributed by atoms with Crippen LogP contribution in [0.3, 0.4) is 0 Å². The predicted octanol–water partition coefficient (Wildman–Crippen LogP) is 3.60. The summed E-state index contributed by atoms with van der Waals surface area (Å²) in [6.45, 7) is 4.67. The second kappa shape index (κ2) is 7.32. The number of ether oxygens (including phenoxy) is 1. The molecule has 0 saturated carbocycles. The van der Waals surface area contributed by atoms with Gasteiger partial charge in [0.2, 0.25) is 0 Å². The van der Waals surface area contributed by atoms with Crippen LogP contribution in [0.4, 0.5) is 0 Å². The Kier molecular flexibility index (Phi) is 4.96. The summed E-state index contributed by atoms with van der Waals surface area (Å²) >= 11 is 0. The molecule has 0 saturated heterocycles. The molecule has 1 heterocycles. The third-order valence-electron chi connectivity index (χ3n) is 3.89. The maximum absolute atomic E-state index is 8.96. The van der Waals surface area contributed by atoms with Crippen molar-refractivity contribution in [2.45, 2.75) is 26.9 Å². The SMILES string of the molecule is Cc1ccc(-n2nc(C)cc2COc2ccc(CCO)cc2)cc1. The fraction of sp³-hybridized carbons (Fsp3) is 0.250. The molecule has 2 aromatic carbocycles. The van der Waals surface area contributed by atoms with Crippen LogP contribution < -0.4 is 4.74 Å². The van der Waals surface area contributed by atoms with Crippen LogP contribution in [0.5, 0.6) is 5.75 Å². The Morgan fingerprint density at radius 2 is 1.71 bits per heavy atom. The van der Waals surface area contributed by atoms with Crippen molar-refractivity contribution < 1.29 is 9.84 Å². The minimum Gasteiger partial charge on any atom is -0.487 e. The van der Waals surface area contributed by atoms with Crippen LogP contribution in [0.15, 0.2) is 54.6 Å². The zero-order chi connectivity index (χ0) is 16.9. The summed E-state index contributed by atoms with van der Waals surface area (Å²) in [7, 11) is 0. The van der Waals surface area contributed by atoms with E-state index in [1.807, 2.05) is 41.9 Å². The number of aliphatic hydroxyl groups is 1. The lowest BCUT2D eigenvalue weighted by molar-refractivity contribution is 0.295. The topological polar surface area (TPSA) is 47.3 Å². The smallest absolute Gasteiger partial charge is 0.130 e. The average Bonchev–Trinajstić information content (AvgIpc) is 2.96. The van der Waals surface area contributed by atoms with Gasteiger partial charge in [0.1, 0.15) is 12.4 Å². The number of hydrogen-bond acceptors (Lipinski definition) is 3. The molecule has 124 valence electrons. The van der Waals surface area contributed by atoms with Crippen LogP contribution in [0.2, 0.25) is 0 Å². The lowest BCUT2D eigenvalue weighted by Gasteiger charge is -2.10. The van der Waals surface area contributed by atoms with Crippen molar-refractivity contribution in [3.8, 4) is 11.4 Å². The quantitative estimate of drug-likeness (QED) is 0.754. The molecule has 0 unspecified atom stereocenters. The minimum atomic E-state index is 0.162. The number of aromatic nitrogens is 2. The Bertz CT molecular complexity index is 790. The molecule has 4 heteroatoms. The number of aryl methyl sites for hydroxylation is 2. The zero-order valence-corrected chi connectivity index (χ0v) is 14.1. The number of hydrogen-bond donors (Lipinski definition) is 1. The van der Waals surface area contributed by atoms with Gasteiger partial charge in [0, 0.05) is 6.61 Å². The molecule has 0 atom stereocenters. The van der Waals surface area contributed by atoms with Crippen molar-refractivity contribution in [3.05, 3.63) is 77.1 Å². The Labute approximate surface area is 142 Å². The van der Waals surface area contributed by atoms with Crippen LogP contribution in [-0.4, -0.2) is 21.5 Å². The van der Waals surface area contributed by atoms with Crippen LogP contribution in [0.25, 0.3) is 5.69 Å². The molecule has 0 spiro atoms. The summed E-state index contributed by atoms with van der Waals surface area (Å²) < 4.78 is 7.83. The van der Waals surface area contributed by atoms with Gasteiger partial charge in [-0.2, -0.15) is 5.10 Å². The number of rotatable bonds is 6. The van der Waals surface area contributed by atoms with Gasteiger partial charge in [0.05, 0.1) is 17.1 Å². The molecule has 0 fully saturated rings. The summed E-state index contributed by atoms with van der Waals surface area (Å²) in [4.78, 5) is 0. The molecule has 4 nitrogen and oxygen atoms in total. The lowest BCUT2D eigenvalue weighted by Crippen LogP contribution is -2.05. The molecule has 1 aromatic heterocycles. The minimum absolute atomic E-state index is 0.162. The van der Waals surface area contributed by atoms with Crippen molar-refractivity contribution in [1.29, 1.82) is 0 Å². The normalized spacial score (nSPS) is 10.8. The van der Waals surface area contributed by atoms with E-state index in [9.17, 15) is 0 Å². The number of nitrogens with zero attached hydrogens (tertiary/aromatic N) is 2. The van der Waals surface area contributed by atoms with E-state index in [1.54, 1.807) is 0 Å². The van der Waals surface area contributed by atoms with E-state index < -0.39 is 0 Å². The molecule has 3 rings (SSSR count). The molecule has 0 aliphatic carbocycles. The van der Waals surface area contributed by atoms with Crippen LogP contribution in [0, 0.1) is 13.8 Å². The molecule has 0 bridgehead atoms. The molecular weight excluding hydrogens is 300 g/mol. The predicted molar refractivity (Wildman–Crippen MR) is 94.6 cm³/mol. The molecule has 0 aliphatic heterocycles.